The normalized spacial score (nSPS) is 19.5. The summed E-state index contributed by atoms with van der Waals surface area (Å²) in [5.74, 6) is -0.519. The highest BCUT2D eigenvalue weighted by Crippen LogP contribution is 2.29. The summed E-state index contributed by atoms with van der Waals surface area (Å²) in [5.41, 5.74) is 2.65. The van der Waals surface area contributed by atoms with Crippen LogP contribution < -0.4 is 10.2 Å². The molecular formula is C22H24ClN3O3. The Morgan fingerprint density at radius 2 is 1.83 bits per heavy atom. The molecule has 0 aliphatic carbocycles. The molecule has 1 N–H and O–H groups in total. The highest BCUT2D eigenvalue weighted by molar-refractivity contribution is 6.31. The van der Waals surface area contributed by atoms with E-state index in [2.05, 4.69) is 10.2 Å². The van der Waals surface area contributed by atoms with Gasteiger partial charge in [0.15, 0.2) is 0 Å². The molecule has 2 aromatic carbocycles. The molecule has 2 amide bonds. The molecule has 7 heteroatoms. The molecule has 2 fully saturated rings. The number of hydrogen-bond donors (Lipinski definition) is 1. The van der Waals surface area contributed by atoms with Crippen molar-refractivity contribution in [3.63, 3.8) is 0 Å². The van der Waals surface area contributed by atoms with Gasteiger partial charge < -0.3 is 19.9 Å². The maximum Gasteiger partial charge on any atom is 0.229 e. The lowest BCUT2D eigenvalue weighted by Gasteiger charge is -2.30. The molecule has 0 radical (unpaired) electrons. The fourth-order valence-electron chi connectivity index (χ4n) is 3.83. The second kappa shape index (κ2) is 8.84. The Hall–Kier alpha value is -2.57. The van der Waals surface area contributed by atoms with Gasteiger partial charge in [-0.2, -0.15) is 0 Å². The first-order valence-electron chi connectivity index (χ1n) is 9.85. The Morgan fingerprint density at radius 3 is 2.62 bits per heavy atom. The number of morpholine rings is 1. The number of benzene rings is 2. The van der Waals surface area contributed by atoms with Gasteiger partial charge in [-0.1, -0.05) is 41.9 Å². The second-order valence-corrected chi connectivity index (χ2v) is 7.78. The Morgan fingerprint density at radius 1 is 1.10 bits per heavy atom. The number of hydrogen-bond acceptors (Lipinski definition) is 4. The predicted molar refractivity (Wildman–Crippen MR) is 113 cm³/mol. The summed E-state index contributed by atoms with van der Waals surface area (Å²) < 4.78 is 5.42. The Bertz CT molecular complexity index is 898. The van der Waals surface area contributed by atoms with E-state index in [1.54, 1.807) is 4.90 Å². The van der Waals surface area contributed by atoms with Crippen LogP contribution in [0, 0.1) is 5.92 Å². The van der Waals surface area contributed by atoms with Gasteiger partial charge in [0.2, 0.25) is 11.8 Å². The van der Waals surface area contributed by atoms with Crippen molar-refractivity contribution in [2.75, 3.05) is 43.1 Å². The monoisotopic (exact) mass is 413 g/mol. The molecule has 2 saturated heterocycles. The van der Waals surface area contributed by atoms with Crippen LogP contribution in [-0.4, -0.2) is 49.6 Å². The maximum atomic E-state index is 12.9. The number of para-hydroxylation sites is 2. The topological polar surface area (TPSA) is 61.9 Å². The quantitative estimate of drug-likeness (QED) is 0.817. The van der Waals surface area contributed by atoms with Crippen molar-refractivity contribution >= 4 is 34.8 Å². The molecule has 1 unspecified atom stereocenters. The number of carbonyl (C=O) groups is 2. The molecule has 1 atom stereocenters. The summed E-state index contributed by atoms with van der Waals surface area (Å²) in [4.78, 5) is 29.3. The standard InChI is InChI=1S/C22H24ClN3O3/c23-18-6-2-1-5-16(18)14-26-15-17(13-21(26)27)22(28)24-19-7-3-4-8-20(19)25-9-11-29-12-10-25/h1-8,17H,9-15H2,(H,24,28). The number of amides is 2. The highest BCUT2D eigenvalue weighted by atomic mass is 35.5. The Balaban J connectivity index is 1.42. The van der Waals surface area contributed by atoms with E-state index in [0.717, 1.165) is 30.0 Å². The Kier molecular flexibility index (Phi) is 6.02. The lowest BCUT2D eigenvalue weighted by Crippen LogP contribution is -2.37. The number of halogens is 1. The van der Waals surface area contributed by atoms with E-state index in [1.165, 1.54) is 0 Å². The van der Waals surface area contributed by atoms with Gasteiger partial charge in [0.05, 0.1) is 30.5 Å². The van der Waals surface area contributed by atoms with Crippen molar-refractivity contribution in [2.24, 2.45) is 5.92 Å². The van der Waals surface area contributed by atoms with Crippen molar-refractivity contribution in [3.05, 3.63) is 59.1 Å². The SMILES string of the molecule is O=C(Nc1ccccc1N1CCOCC1)C1CC(=O)N(Cc2ccccc2Cl)C1. The number of ether oxygens (including phenoxy) is 1. The maximum absolute atomic E-state index is 12.9. The van der Waals surface area contributed by atoms with E-state index < -0.39 is 0 Å². The fourth-order valence-corrected chi connectivity index (χ4v) is 4.02. The van der Waals surface area contributed by atoms with Gasteiger partial charge in [-0.25, -0.2) is 0 Å². The minimum Gasteiger partial charge on any atom is -0.378 e. The smallest absolute Gasteiger partial charge is 0.229 e. The fraction of sp³-hybridized carbons (Fsp3) is 0.364. The first kappa shape index (κ1) is 19.7. The molecule has 0 spiro atoms. The molecule has 0 saturated carbocycles. The van der Waals surface area contributed by atoms with Crippen molar-refractivity contribution in [3.8, 4) is 0 Å². The average molecular weight is 414 g/mol. The lowest BCUT2D eigenvalue weighted by molar-refractivity contribution is -0.128. The summed E-state index contributed by atoms with van der Waals surface area (Å²) in [6.45, 7) is 3.76. The molecule has 2 aliphatic rings. The van der Waals surface area contributed by atoms with Crippen molar-refractivity contribution in [2.45, 2.75) is 13.0 Å². The van der Waals surface area contributed by atoms with Crippen LogP contribution >= 0.6 is 11.6 Å². The van der Waals surface area contributed by atoms with E-state index >= 15 is 0 Å². The third kappa shape index (κ3) is 4.54. The van der Waals surface area contributed by atoms with Crippen molar-refractivity contribution in [1.29, 1.82) is 0 Å². The van der Waals surface area contributed by atoms with Crippen molar-refractivity contribution in [1.82, 2.24) is 4.90 Å². The van der Waals surface area contributed by atoms with Crippen LogP contribution in [-0.2, 0) is 20.9 Å². The zero-order chi connectivity index (χ0) is 20.2. The minimum atomic E-state index is -0.372. The molecule has 2 heterocycles. The largest absolute Gasteiger partial charge is 0.378 e. The summed E-state index contributed by atoms with van der Waals surface area (Å²) >= 11 is 6.22. The molecule has 0 aromatic heterocycles. The van der Waals surface area contributed by atoms with Gasteiger partial charge in [0.1, 0.15) is 0 Å². The predicted octanol–water partition coefficient (Wildman–Crippen LogP) is 3.16. The second-order valence-electron chi connectivity index (χ2n) is 7.37. The number of likely N-dealkylation sites (tertiary alicyclic amines) is 1. The van der Waals surface area contributed by atoms with E-state index in [-0.39, 0.29) is 24.2 Å². The van der Waals surface area contributed by atoms with Crippen LogP contribution in [0.1, 0.15) is 12.0 Å². The first-order chi connectivity index (χ1) is 14.1. The van der Waals surface area contributed by atoms with Crippen LogP contribution in [0.5, 0.6) is 0 Å². The summed E-state index contributed by atoms with van der Waals surface area (Å²) in [6, 6.07) is 15.2. The number of nitrogens with one attached hydrogen (secondary N) is 1. The zero-order valence-corrected chi connectivity index (χ0v) is 16.9. The van der Waals surface area contributed by atoms with Gasteiger partial charge >= 0.3 is 0 Å². The Labute approximate surface area is 175 Å². The molecule has 2 aliphatic heterocycles. The summed E-state index contributed by atoms with van der Waals surface area (Å²) in [7, 11) is 0. The molecule has 2 aromatic rings. The van der Waals surface area contributed by atoms with Crippen molar-refractivity contribution < 1.29 is 14.3 Å². The van der Waals surface area contributed by atoms with Gasteiger partial charge in [-0.15, -0.1) is 0 Å². The number of carbonyl (C=O) groups excluding carboxylic acids is 2. The molecular weight excluding hydrogens is 390 g/mol. The van der Waals surface area contributed by atoms with E-state index in [4.69, 9.17) is 16.3 Å². The summed E-state index contributed by atoms with van der Waals surface area (Å²) in [6.07, 6.45) is 0.218. The molecule has 152 valence electrons. The average Bonchev–Trinajstić information content (AvgIpc) is 3.11. The van der Waals surface area contributed by atoms with Gasteiger partial charge in [-0.3, -0.25) is 9.59 Å². The first-order valence-corrected chi connectivity index (χ1v) is 10.2. The van der Waals surface area contributed by atoms with Crippen LogP contribution in [0.4, 0.5) is 11.4 Å². The van der Waals surface area contributed by atoms with Crippen LogP contribution in [0.2, 0.25) is 5.02 Å². The van der Waals surface area contributed by atoms with Crippen LogP contribution in [0.15, 0.2) is 48.5 Å². The van der Waals surface area contributed by atoms with E-state index in [0.29, 0.717) is 31.3 Å². The number of rotatable bonds is 5. The minimum absolute atomic E-state index is 0.0217. The third-order valence-corrected chi connectivity index (χ3v) is 5.79. The molecule has 4 rings (SSSR count). The van der Waals surface area contributed by atoms with Crippen LogP contribution in [0.25, 0.3) is 0 Å². The molecule has 0 bridgehead atoms. The van der Waals surface area contributed by atoms with Gasteiger partial charge in [0, 0.05) is 37.6 Å². The van der Waals surface area contributed by atoms with Crippen LogP contribution in [0.3, 0.4) is 0 Å². The van der Waals surface area contributed by atoms with Gasteiger partial charge in [0.25, 0.3) is 0 Å². The number of anilines is 2. The van der Waals surface area contributed by atoms with E-state index in [9.17, 15) is 9.59 Å². The molecule has 6 nitrogen and oxygen atoms in total. The zero-order valence-electron chi connectivity index (χ0n) is 16.1. The highest BCUT2D eigenvalue weighted by Gasteiger charge is 2.34. The third-order valence-electron chi connectivity index (χ3n) is 5.42. The van der Waals surface area contributed by atoms with Gasteiger partial charge in [-0.05, 0) is 23.8 Å². The molecule has 29 heavy (non-hydrogen) atoms. The summed E-state index contributed by atoms with van der Waals surface area (Å²) in [5, 5.41) is 3.67. The lowest BCUT2D eigenvalue weighted by atomic mass is 10.1. The number of nitrogens with zero attached hydrogens (tertiary/aromatic N) is 2. The van der Waals surface area contributed by atoms with E-state index in [1.807, 2.05) is 48.5 Å².